The fraction of sp³-hybridized carbons (Fsp3) is 0.500. The molecule has 2 N–H and O–H groups in total. The second-order valence-corrected chi connectivity index (χ2v) is 10.0. The van der Waals surface area contributed by atoms with Crippen molar-refractivity contribution in [3.8, 4) is 0 Å². The molecule has 2 atom stereocenters. The summed E-state index contributed by atoms with van der Waals surface area (Å²) in [6.45, 7) is 7.31. The number of hydrogen-bond donors (Lipinski definition) is 1. The molecule has 0 aromatic heterocycles. The highest BCUT2D eigenvalue weighted by molar-refractivity contribution is 5.92. The number of rotatable bonds is 7. The Morgan fingerprint density at radius 3 is 2.47 bits per heavy atom. The summed E-state index contributed by atoms with van der Waals surface area (Å²) in [5, 5.41) is 12.0. The summed E-state index contributed by atoms with van der Waals surface area (Å²) in [4.78, 5) is 26.0. The van der Waals surface area contributed by atoms with Gasteiger partial charge in [-0.3, -0.25) is 14.9 Å². The SMILES string of the molecule is CC1CN(CCCC2([N+](=O)[O-])Cc3ccccc3C2)CCC1(C)c1cccc(C(N)=O)c1. The van der Waals surface area contributed by atoms with Gasteiger partial charge in [0.25, 0.3) is 0 Å². The molecular weight excluding hydrogens is 402 g/mol. The first-order chi connectivity index (χ1) is 15.2. The van der Waals surface area contributed by atoms with Crippen molar-refractivity contribution in [1.82, 2.24) is 4.90 Å². The van der Waals surface area contributed by atoms with E-state index in [0.717, 1.165) is 49.2 Å². The molecule has 1 aliphatic carbocycles. The van der Waals surface area contributed by atoms with Crippen molar-refractivity contribution in [2.24, 2.45) is 11.7 Å². The summed E-state index contributed by atoms with van der Waals surface area (Å²) in [6, 6.07) is 15.7. The van der Waals surface area contributed by atoms with Crippen molar-refractivity contribution >= 4 is 5.91 Å². The number of primary amides is 1. The Kier molecular flexibility index (Phi) is 6.08. The molecule has 1 aliphatic heterocycles. The van der Waals surface area contributed by atoms with E-state index in [0.29, 0.717) is 30.7 Å². The molecule has 1 fully saturated rings. The van der Waals surface area contributed by atoms with Crippen molar-refractivity contribution in [2.45, 2.75) is 56.9 Å². The number of nitro groups is 1. The standard InChI is InChI=1S/C26H33N3O3/c1-19-18-28(14-12-25(19,2)23-10-5-9-20(15-23)24(27)30)13-6-11-26(29(31)32)16-21-7-3-4-8-22(21)17-26/h3-5,7-10,15,19H,6,11-14,16-18H2,1-2H3,(H2,27,30). The van der Waals surface area contributed by atoms with E-state index in [4.69, 9.17) is 5.73 Å². The third kappa shape index (κ3) is 4.16. The summed E-state index contributed by atoms with van der Waals surface area (Å²) in [5.41, 5.74) is 8.59. The molecule has 2 aliphatic rings. The lowest BCUT2D eigenvalue weighted by molar-refractivity contribution is -0.569. The van der Waals surface area contributed by atoms with E-state index >= 15 is 0 Å². The maximum Gasteiger partial charge on any atom is 0.248 e. The van der Waals surface area contributed by atoms with Gasteiger partial charge in [-0.2, -0.15) is 0 Å². The Morgan fingerprint density at radius 1 is 1.19 bits per heavy atom. The second-order valence-electron chi connectivity index (χ2n) is 10.0. The van der Waals surface area contributed by atoms with Gasteiger partial charge in [0.1, 0.15) is 0 Å². The van der Waals surface area contributed by atoms with Crippen LogP contribution in [0, 0.1) is 16.0 Å². The monoisotopic (exact) mass is 435 g/mol. The quantitative estimate of drug-likeness (QED) is 0.526. The highest BCUT2D eigenvalue weighted by Crippen LogP contribution is 2.40. The molecule has 0 bridgehead atoms. The number of carbonyl (C=O) groups excluding carboxylic acids is 1. The van der Waals surface area contributed by atoms with E-state index < -0.39 is 11.4 Å². The first-order valence-electron chi connectivity index (χ1n) is 11.6. The number of nitrogens with two attached hydrogens (primary N) is 1. The van der Waals surface area contributed by atoms with E-state index in [-0.39, 0.29) is 10.3 Å². The summed E-state index contributed by atoms with van der Waals surface area (Å²) in [5.74, 6) is 0.00825. The number of piperidine rings is 1. The minimum Gasteiger partial charge on any atom is -0.366 e. The minimum absolute atomic E-state index is 0.0168. The summed E-state index contributed by atoms with van der Waals surface area (Å²) in [7, 11) is 0. The van der Waals surface area contributed by atoms with Gasteiger partial charge in [0.2, 0.25) is 11.4 Å². The molecule has 1 heterocycles. The summed E-state index contributed by atoms with van der Waals surface area (Å²) in [6.07, 6.45) is 3.51. The Hall–Kier alpha value is -2.73. The van der Waals surface area contributed by atoms with Gasteiger partial charge in [-0.25, -0.2) is 0 Å². The Balaban J connectivity index is 1.36. The smallest absolute Gasteiger partial charge is 0.248 e. The van der Waals surface area contributed by atoms with Crippen molar-refractivity contribution in [3.05, 3.63) is 80.9 Å². The van der Waals surface area contributed by atoms with Crippen LogP contribution in [-0.4, -0.2) is 40.9 Å². The van der Waals surface area contributed by atoms with Gasteiger partial charge in [0.05, 0.1) is 0 Å². The fourth-order valence-corrected chi connectivity index (χ4v) is 5.68. The van der Waals surface area contributed by atoms with E-state index in [2.05, 4.69) is 24.8 Å². The molecule has 0 saturated carbocycles. The number of nitrogens with zero attached hydrogens (tertiary/aromatic N) is 2. The van der Waals surface area contributed by atoms with Crippen molar-refractivity contribution in [3.63, 3.8) is 0 Å². The average molecular weight is 436 g/mol. The van der Waals surface area contributed by atoms with Crippen molar-refractivity contribution in [2.75, 3.05) is 19.6 Å². The lowest BCUT2D eigenvalue weighted by atomic mass is 9.67. The van der Waals surface area contributed by atoms with Crippen LogP contribution in [0.15, 0.2) is 48.5 Å². The number of amides is 1. The Labute approximate surface area is 190 Å². The normalized spacial score (nSPS) is 24.8. The number of hydrogen-bond acceptors (Lipinski definition) is 4. The summed E-state index contributed by atoms with van der Waals surface area (Å²) >= 11 is 0. The van der Waals surface area contributed by atoms with Crippen molar-refractivity contribution in [1.29, 1.82) is 0 Å². The van der Waals surface area contributed by atoms with Crippen LogP contribution in [0.5, 0.6) is 0 Å². The minimum atomic E-state index is -0.852. The zero-order valence-corrected chi connectivity index (χ0v) is 19.0. The topological polar surface area (TPSA) is 89.5 Å². The summed E-state index contributed by atoms with van der Waals surface area (Å²) < 4.78 is 0. The van der Waals surface area contributed by atoms with Crippen LogP contribution in [0.1, 0.15) is 60.2 Å². The molecule has 32 heavy (non-hydrogen) atoms. The third-order valence-electron chi connectivity index (χ3n) is 8.03. The highest BCUT2D eigenvalue weighted by Gasteiger charge is 2.47. The van der Waals surface area contributed by atoms with Gasteiger partial charge in [-0.05, 0) is 66.1 Å². The van der Waals surface area contributed by atoms with Gasteiger partial charge in [-0.1, -0.05) is 50.2 Å². The van der Waals surface area contributed by atoms with Gasteiger partial charge >= 0.3 is 0 Å². The molecule has 0 spiro atoms. The van der Waals surface area contributed by atoms with E-state index in [1.807, 2.05) is 36.4 Å². The number of likely N-dealkylation sites (tertiary alicyclic amines) is 1. The first-order valence-corrected chi connectivity index (χ1v) is 11.6. The van der Waals surface area contributed by atoms with Crippen LogP contribution in [0.3, 0.4) is 0 Å². The molecule has 6 nitrogen and oxygen atoms in total. The zero-order valence-electron chi connectivity index (χ0n) is 19.0. The van der Waals surface area contributed by atoms with Crippen LogP contribution in [0.2, 0.25) is 0 Å². The fourth-order valence-electron chi connectivity index (χ4n) is 5.68. The predicted molar refractivity (Wildman–Crippen MR) is 125 cm³/mol. The average Bonchev–Trinajstić information content (AvgIpc) is 3.16. The number of benzene rings is 2. The molecule has 0 radical (unpaired) electrons. The lowest BCUT2D eigenvalue weighted by Gasteiger charge is -2.45. The van der Waals surface area contributed by atoms with Crippen LogP contribution in [0.4, 0.5) is 0 Å². The predicted octanol–water partition coefficient (Wildman–Crippen LogP) is 3.98. The van der Waals surface area contributed by atoms with Crippen LogP contribution >= 0.6 is 0 Å². The molecule has 1 saturated heterocycles. The number of carbonyl (C=O) groups is 1. The Morgan fingerprint density at radius 2 is 1.88 bits per heavy atom. The molecule has 4 rings (SSSR count). The van der Waals surface area contributed by atoms with E-state index in [9.17, 15) is 14.9 Å². The van der Waals surface area contributed by atoms with Gasteiger partial charge in [0.15, 0.2) is 0 Å². The largest absolute Gasteiger partial charge is 0.366 e. The van der Waals surface area contributed by atoms with E-state index in [1.54, 1.807) is 6.07 Å². The van der Waals surface area contributed by atoms with Crippen LogP contribution in [0.25, 0.3) is 0 Å². The molecule has 6 heteroatoms. The molecule has 2 aromatic carbocycles. The first kappa shape index (κ1) is 22.5. The zero-order chi connectivity index (χ0) is 22.9. The second kappa shape index (κ2) is 8.66. The van der Waals surface area contributed by atoms with Gasteiger partial charge in [-0.15, -0.1) is 0 Å². The molecular formula is C26H33N3O3. The maximum absolute atomic E-state index is 12.0. The number of fused-ring (bicyclic) bond motifs is 1. The maximum atomic E-state index is 12.0. The molecule has 2 unspecified atom stereocenters. The Bertz CT molecular complexity index is 996. The van der Waals surface area contributed by atoms with Gasteiger partial charge in [0, 0.05) is 36.3 Å². The molecule has 1 amide bonds. The van der Waals surface area contributed by atoms with Crippen LogP contribution in [-0.2, 0) is 18.3 Å². The van der Waals surface area contributed by atoms with Crippen LogP contribution < -0.4 is 5.73 Å². The van der Waals surface area contributed by atoms with E-state index in [1.165, 1.54) is 0 Å². The highest BCUT2D eigenvalue weighted by atomic mass is 16.6. The van der Waals surface area contributed by atoms with Crippen molar-refractivity contribution < 1.29 is 9.72 Å². The van der Waals surface area contributed by atoms with Gasteiger partial charge < -0.3 is 10.6 Å². The third-order valence-corrected chi connectivity index (χ3v) is 8.03. The lowest BCUT2D eigenvalue weighted by Crippen LogP contribution is -2.48. The molecule has 2 aromatic rings. The molecule has 170 valence electrons.